The predicted octanol–water partition coefficient (Wildman–Crippen LogP) is 4.49. The average molecular weight is 399 g/mol. The lowest BCUT2D eigenvalue weighted by molar-refractivity contribution is -0.139. The van der Waals surface area contributed by atoms with Gasteiger partial charge in [-0.25, -0.2) is 9.59 Å². The molecule has 0 saturated heterocycles. The van der Waals surface area contributed by atoms with Crippen LogP contribution in [0.15, 0.2) is 65.9 Å². The van der Waals surface area contributed by atoms with Gasteiger partial charge in [-0.1, -0.05) is 60.1 Å². The van der Waals surface area contributed by atoms with Gasteiger partial charge in [-0.3, -0.25) is 4.90 Å². The highest BCUT2D eigenvalue weighted by Crippen LogP contribution is 2.34. The smallest absolute Gasteiger partial charge is 0.338 e. The summed E-state index contributed by atoms with van der Waals surface area (Å²) in [5, 5.41) is 3.37. The van der Waals surface area contributed by atoms with Gasteiger partial charge in [-0.05, 0) is 31.0 Å². The first-order chi connectivity index (χ1) is 13.5. The lowest BCUT2D eigenvalue weighted by atomic mass is 9.95. The second-order valence-corrected chi connectivity index (χ2v) is 6.93. The van der Waals surface area contributed by atoms with Crippen molar-refractivity contribution in [2.24, 2.45) is 0 Å². The molecule has 0 fully saturated rings. The molecule has 1 atom stereocenters. The fraction of sp³-hybridized carbons (Fsp3) is 0.273. The van der Waals surface area contributed by atoms with Crippen LogP contribution in [-0.2, 0) is 16.0 Å². The number of halogens is 1. The van der Waals surface area contributed by atoms with Crippen molar-refractivity contribution < 1.29 is 14.3 Å². The number of urea groups is 1. The molecule has 0 radical (unpaired) electrons. The van der Waals surface area contributed by atoms with E-state index in [9.17, 15) is 9.59 Å². The number of nitrogens with one attached hydrogen (secondary N) is 1. The van der Waals surface area contributed by atoms with Crippen molar-refractivity contribution in [3.63, 3.8) is 0 Å². The van der Waals surface area contributed by atoms with E-state index in [1.54, 1.807) is 19.1 Å². The van der Waals surface area contributed by atoms with Gasteiger partial charge in [0.05, 0.1) is 18.2 Å². The second-order valence-electron chi connectivity index (χ2n) is 6.52. The Hall–Kier alpha value is -2.79. The Labute approximate surface area is 169 Å². The molecule has 1 aliphatic rings. The van der Waals surface area contributed by atoms with E-state index in [0.29, 0.717) is 34.8 Å². The van der Waals surface area contributed by atoms with Crippen LogP contribution < -0.4 is 5.32 Å². The molecule has 6 heteroatoms. The van der Waals surface area contributed by atoms with Gasteiger partial charge in [0.2, 0.25) is 0 Å². The monoisotopic (exact) mass is 398 g/mol. The van der Waals surface area contributed by atoms with Crippen molar-refractivity contribution in [3.05, 3.63) is 82.0 Å². The first-order valence-corrected chi connectivity index (χ1v) is 9.65. The predicted molar refractivity (Wildman–Crippen MR) is 109 cm³/mol. The van der Waals surface area contributed by atoms with Crippen LogP contribution >= 0.6 is 11.6 Å². The number of rotatable bonds is 6. The Bertz CT molecular complexity index is 896. The maximum atomic E-state index is 13.0. The van der Waals surface area contributed by atoms with E-state index in [-0.39, 0.29) is 12.6 Å². The highest BCUT2D eigenvalue weighted by molar-refractivity contribution is 6.31. The van der Waals surface area contributed by atoms with Gasteiger partial charge >= 0.3 is 12.0 Å². The second kappa shape index (κ2) is 8.93. The van der Waals surface area contributed by atoms with Crippen molar-refractivity contribution in [1.29, 1.82) is 0 Å². The molecule has 28 heavy (non-hydrogen) atoms. The molecular formula is C22H23ClN2O3. The minimum Gasteiger partial charge on any atom is -0.462 e. The van der Waals surface area contributed by atoms with E-state index in [0.717, 1.165) is 5.56 Å². The van der Waals surface area contributed by atoms with E-state index in [1.807, 2.05) is 49.4 Å². The zero-order valence-corrected chi connectivity index (χ0v) is 16.7. The van der Waals surface area contributed by atoms with E-state index < -0.39 is 12.0 Å². The molecule has 3 rings (SSSR count). The van der Waals surface area contributed by atoms with Crippen LogP contribution in [0.3, 0.4) is 0 Å². The van der Waals surface area contributed by atoms with Crippen molar-refractivity contribution in [3.8, 4) is 0 Å². The van der Waals surface area contributed by atoms with Crippen LogP contribution in [0.1, 0.15) is 31.0 Å². The van der Waals surface area contributed by atoms with E-state index in [1.165, 1.54) is 4.90 Å². The molecule has 2 aromatic rings. The fourth-order valence-electron chi connectivity index (χ4n) is 3.35. The standard InChI is InChI=1S/C22H23ClN2O3/c1-3-25-15(2)19(21(26)28-14-13-16-9-5-4-6-10-16)20(24-22(25)27)17-11-7-8-12-18(17)23/h4-12,20H,3,13-14H2,1-2H3,(H,24,27). The molecule has 0 spiro atoms. The number of hydrogen-bond donors (Lipinski definition) is 1. The maximum absolute atomic E-state index is 13.0. The van der Waals surface area contributed by atoms with Crippen molar-refractivity contribution in [1.82, 2.24) is 10.2 Å². The Morgan fingerprint density at radius 2 is 1.82 bits per heavy atom. The maximum Gasteiger partial charge on any atom is 0.338 e. The Morgan fingerprint density at radius 1 is 1.14 bits per heavy atom. The number of benzene rings is 2. The van der Waals surface area contributed by atoms with Crippen LogP contribution in [-0.4, -0.2) is 30.1 Å². The third-order valence-electron chi connectivity index (χ3n) is 4.82. The number of amides is 2. The average Bonchev–Trinajstić information content (AvgIpc) is 2.69. The molecule has 1 heterocycles. The number of esters is 1. The quantitative estimate of drug-likeness (QED) is 0.729. The highest BCUT2D eigenvalue weighted by Gasteiger charge is 2.36. The minimum atomic E-state index is -0.645. The molecule has 2 amide bonds. The number of hydrogen-bond acceptors (Lipinski definition) is 3. The minimum absolute atomic E-state index is 0.259. The van der Waals surface area contributed by atoms with Crippen molar-refractivity contribution >= 4 is 23.6 Å². The highest BCUT2D eigenvalue weighted by atomic mass is 35.5. The molecule has 2 aromatic carbocycles. The zero-order valence-electron chi connectivity index (χ0n) is 15.9. The van der Waals surface area contributed by atoms with Gasteiger partial charge in [-0.15, -0.1) is 0 Å². The molecule has 0 saturated carbocycles. The summed E-state index contributed by atoms with van der Waals surface area (Å²) in [6, 6.07) is 16.1. The number of carbonyl (C=O) groups excluding carboxylic acids is 2. The summed E-state index contributed by atoms with van der Waals surface area (Å²) >= 11 is 6.34. The normalized spacial score (nSPS) is 16.8. The van der Waals surface area contributed by atoms with Gasteiger partial charge in [0.1, 0.15) is 0 Å². The summed E-state index contributed by atoms with van der Waals surface area (Å²) in [7, 11) is 0. The van der Waals surface area contributed by atoms with Crippen LogP contribution in [0.5, 0.6) is 0 Å². The first-order valence-electron chi connectivity index (χ1n) is 9.27. The number of nitrogens with zero attached hydrogens (tertiary/aromatic N) is 1. The summed E-state index contributed by atoms with van der Waals surface area (Å²) in [6.07, 6.45) is 0.625. The Morgan fingerprint density at radius 3 is 2.50 bits per heavy atom. The molecule has 0 aliphatic carbocycles. The zero-order chi connectivity index (χ0) is 20.1. The topological polar surface area (TPSA) is 58.6 Å². The summed E-state index contributed by atoms with van der Waals surface area (Å²) in [5.74, 6) is -0.447. The number of allylic oxidation sites excluding steroid dienone is 1. The van der Waals surface area contributed by atoms with Gasteiger partial charge in [0, 0.05) is 23.7 Å². The van der Waals surface area contributed by atoms with Crippen LogP contribution in [0, 0.1) is 0 Å². The van der Waals surface area contributed by atoms with Crippen molar-refractivity contribution in [2.75, 3.05) is 13.2 Å². The van der Waals surface area contributed by atoms with Crippen LogP contribution in [0.25, 0.3) is 0 Å². The summed E-state index contributed by atoms with van der Waals surface area (Å²) in [4.78, 5) is 27.0. The van der Waals surface area contributed by atoms with Gasteiger partial charge in [-0.2, -0.15) is 0 Å². The van der Waals surface area contributed by atoms with Crippen LogP contribution in [0.4, 0.5) is 4.79 Å². The third-order valence-corrected chi connectivity index (χ3v) is 5.16. The number of carbonyl (C=O) groups is 2. The molecule has 5 nitrogen and oxygen atoms in total. The molecule has 0 bridgehead atoms. The lowest BCUT2D eigenvalue weighted by Crippen LogP contribution is -2.48. The molecule has 1 aliphatic heterocycles. The van der Waals surface area contributed by atoms with Gasteiger partial charge in [0.25, 0.3) is 0 Å². The Balaban J connectivity index is 1.86. The summed E-state index contributed by atoms with van der Waals surface area (Å²) in [5.41, 5.74) is 2.75. The Kier molecular flexibility index (Phi) is 6.37. The fourth-order valence-corrected chi connectivity index (χ4v) is 3.60. The summed E-state index contributed by atoms with van der Waals surface area (Å²) < 4.78 is 5.56. The van der Waals surface area contributed by atoms with E-state index >= 15 is 0 Å². The van der Waals surface area contributed by atoms with Gasteiger partial charge in [0.15, 0.2) is 0 Å². The molecule has 1 unspecified atom stereocenters. The third kappa shape index (κ3) is 4.20. The molecular weight excluding hydrogens is 376 g/mol. The van der Waals surface area contributed by atoms with Gasteiger partial charge < -0.3 is 10.1 Å². The van der Waals surface area contributed by atoms with E-state index in [4.69, 9.17) is 16.3 Å². The van der Waals surface area contributed by atoms with Crippen LogP contribution in [0.2, 0.25) is 5.02 Å². The van der Waals surface area contributed by atoms with E-state index in [2.05, 4.69) is 5.32 Å². The first kappa shape index (κ1) is 20.0. The number of ether oxygens (including phenoxy) is 1. The molecule has 0 aromatic heterocycles. The van der Waals surface area contributed by atoms with Crippen molar-refractivity contribution in [2.45, 2.75) is 26.3 Å². The summed E-state index contributed by atoms with van der Waals surface area (Å²) in [6.45, 7) is 4.33. The molecule has 146 valence electrons. The SMILES string of the molecule is CCN1C(=O)NC(c2ccccc2Cl)C(C(=O)OCCc2ccccc2)=C1C. The largest absolute Gasteiger partial charge is 0.462 e. The molecule has 1 N–H and O–H groups in total. The lowest BCUT2D eigenvalue weighted by Gasteiger charge is -2.35.